The van der Waals surface area contributed by atoms with E-state index in [1.165, 1.54) is 18.4 Å². The summed E-state index contributed by atoms with van der Waals surface area (Å²) in [4.78, 5) is 6.45. The molecule has 0 aromatic carbocycles. The van der Waals surface area contributed by atoms with Crippen molar-refractivity contribution in [3.63, 3.8) is 0 Å². The number of hydrogen-bond acceptors (Lipinski definition) is 2. The minimum absolute atomic E-state index is 0. The fourth-order valence-corrected chi connectivity index (χ4v) is 1.66. The zero-order chi connectivity index (χ0) is 10.7. The lowest BCUT2D eigenvalue weighted by molar-refractivity contribution is 0.149. The SMILES string of the molecule is CN(C(N)=NCC1=CCCOC1)C1CC1.I. The molecule has 2 aliphatic rings. The highest BCUT2D eigenvalue weighted by Gasteiger charge is 2.27. The highest BCUT2D eigenvalue weighted by Crippen LogP contribution is 2.24. The molecule has 0 aromatic heterocycles. The third-order valence-corrected chi connectivity index (χ3v) is 2.88. The van der Waals surface area contributed by atoms with Crippen molar-refractivity contribution in [1.82, 2.24) is 4.90 Å². The molecule has 0 aromatic rings. The second kappa shape index (κ2) is 6.44. The van der Waals surface area contributed by atoms with E-state index < -0.39 is 0 Å². The maximum absolute atomic E-state index is 5.88. The van der Waals surface area contributed by atoms with Crippen LogP contribution in [0.15, 0.2) is 16.6 Å². The van der Waals surface area contributed by atoms with Crippen LogP contribution in [0.5, 0.6) is 0 Å². The molecular formula is C11H20IN3O. The molecule has 1 fully saturated rings. The summed E-state index contributed by atoms with van der Waals surface area (Å²) in [6.45, 7) is 2.23. The van der Waals surface area contributed by atoms with Gasteiger partial charge in [0.15, 0.2) is 5.96 Å². The first-order valence-corrected chi connectivity index (χ1v) is 5.56. The van der Waals surface area contributed by atoms with Crippen molar-refractivity contribution in [1.29, 1.82) is 0 Å². The Morgan fingerprint density at radius 3 is 2.94 bits per heavy atom. The average molecular weight is 337 g/mol. The van der Waals surface area contributed by atoms with E-state index >= 15 is 0 Å². The molecule has 1 aliphatic carbocycles. The maximum Gasteiger partial charge on any atom is 0.191 e. The summed E-state index contributed by atoms with van der Waals surface area (Å²) < 4.78 is 5.34. The molecule has 92 valence electrons. The van der Waals surface area contributed by atoms with E-state index in [1.807, 2.05) is 7.05 Å². The molecule has 0 unspecified atom stereocenters. The number of aliphatic imine (C=N–C) groups is 1. The molecule has 2 N–H and O–H groups in total. The Kier molecular flexibility index (Phi) is 5.54. The van der Waals surface area contributed by atoms with Gasteiger partial charge in [0.2, 0.25) is 0 Å². The summed E-state index contributed by atoms with van der Waals surface area (Å²) >= 11 is 0. The quantitative estimate of drug-likeness (QED) is 0.366. The fourth-order valence-electron chi connectivity index (χ4n) is 1.66. The van der Waals surface area contributed by atoms with Crippen LogP contribution >= 0.6 is 24.0 Å². The zero-order valence-corrected chi connectivity index (χ0v) is 12.0. The van der Waals surface area contributed by atoms with Gasteiger partial charge in [-0.1, -0.05) is 6.08 Å². The Hall–Kier alpha value is -0.300. The molecule has 0 radical (unpaired) electrons. The van der Waals surface area contributed by atoms with Gasteiger partial charge in [-0.3, -0.25) is 0 Å². The summed E-state index contributed by atoms with van der Waals surface area (Å²) in [5.41, 5.74) is 7.13. The molecular weight excluding hydrogens is 317 g/mol. The molecule has 0 saturated heterocycles. The van der Waals surface area contributed by atoms with Crippen LogP contribution in [0.1, 0.15) is 19.3 Å². The van der Waals surface area contributed by atoms with E-state index in [4.69, 9.17) is 10.5 Å². The standard InChI is InChI=1S/C11H19N3O.HI/c1-14(10-4-5-10)11(12)13-7-9-3-2-6-15-8-9;/h3,10H,2,4-8H2,1H3,(H2,12,13);1H. The van der Waals surface area contributed by atoms with Crippen molar-refractivity contribution < 1.29 is 4.74 Å². The molecule has 4 nitrogen and oxygen atoms in total. The minimum atomic E-state index is 0. The van der Waals surface area contributed by atoms with Gasteiger partial charge >= 0.3 is 0 Å². The van der Waals surface area contributed by atoms with Crippen LogP contribution < -0.4 is 5.73 Å². The third kappa shape index (κ3) is 3.93. The maximum atomic E-state index is 5.88. The monoisotopic (exact) mass is 337 g/mol. The topological polar surface area (TPSA) is 50.8 Å². The van der Waals surface area contributed by atoms with E-state index in [1.54, 1.807) is 0 Å². The van der Waals surface area contributed by atoms with E-state index in [-0.39, 0.29) is 24.0 Å². The second-order valence-electron chi connectivity index (χ2n) is 4.22. The number of ether oxygens (including phenoxy) is 1. The van der Waals surface area contributed by atoms with Crippen molar-refractivity contribution >= 4 is 29.9 Å². The van der Waals surface area contributed by atoms with Gasteiger partial charge in [-0.05, 0) is 24.8 Å². The first kappa shape index (κ1) is 13.8. The van der Waals surface area contributed by atoms with Gasteiger partial charge in [-0.25, -0.2) is 4.99 Å². The van der Waals surface area contributed by atoms with Gasteiger partial charge in [0, 0.05) is 13.1 Å². The predicted octanol–water partition coefficient (Wildman–Crippen LogP) is 1.36. The first-order chi connectivity index (χ1) is 7.27. The number of guanidine groups is 1. The van der Waals surface area contributed by atoms with Crippen molar-refractivity contribution in [2.75, 3.05) is 26.8 Å². The molecule has 16 heavy (non-hydrogen) atoms. The molecule has 2 rings (SSSR count). The minimum Gasteiger partial charge on any atom is -0.377 e. The number of nitrogens with two attached hydrogens (primary N) is 1. The van der Waals surface area contributed by atoms with E-state index in [0.29, 0.717) is 25.2 Å². The fraction of sp³-hybridized carbons (Fsp3) is 0.727. The molecule has 0 spiro atoms. The molecule has 1 heterocycles. The Morgan fingerprint density at radius 2 is 2.38 bits per heavy atom. The molecule has 0 bridgehead atoms. The van der Waals surface area contributed by atoms with Gasteiger partial charge in [0.1, 0.15) is 0 Å². The highest BCUT2D eigenvalue weighted by atomic mass is 127. The first-order valence-electron chi connectivity index (χ1n) is 5.56. The van der Waals surface area contributed by atoms with Crippen molar-refractivity contribution in [2.45, 2.75) is 25.3 Å². The summed E-state index contributed by atoms with van der Waals surface area (Å²) in [5, 5.41) is 0. The summed E-state index contributed by atoms with van der Waals surface area (Å²) in [7, 11) is 2.02. The summed E-state index contributed by atoms with van der Waals surface area (Å²) in [6, 6.07) is 0.630. The van der Waals surface area contributed by atoms with Crippen LogP contribution in [0, 0.1) is 0 Å². The number of rotatable bonds is 3. The second-order valence-corrected chi connectivity index (χ2v) is 4.22. The van der Waals surface area contributed by atoms with Crippen LogP contribution in [0.3, 0.4) is 0 Å². The van der Waals surface area contributed by atoms with Gasteiger partial charge < -0.3 is 15.4 Å². The van der Waals surface area contributed by atoms with Crippen molar-refractivity contribution in [3.8, 4) is 0 Å². The third-order valence-electron chi connectivity index (χ3n) is 2.88. The molecule has 1 aliphatic heterocycles. The molecule has 0 amide bonds. The normalized spacial score (nSPS) is 21.1. The smallest absolute Gasteiger partial charge is 0.191 e. The van der Waals surface area contributed by atoms with E-state index in [9.17, 15) is 0 Å². The Bertz CT molecular complexity index is 287. The zero-order valence-electron chi connectivity index (χ0n) is 9.69. The van der Waals surface area contributed by atoms with Gasteiger partial charge in [0.25, 0.3) is 0 Å². The molecule has 0 atom stereocenters. The molecule has 1 saturated carbocycles. The van der Waals surface area contributed by atoms with Crippen molar-refractivity contribution in [3.05, 3.63) is 11.6 Å². The average Bonchev–Trinajstić information content (AvgIpc) is 3.10. The summed E-state index contributed by atoms with van der Waals surface area (Å²) in [6.07, 6.45) is 5.71. The lowest BCUT2D eigenvalue weighted by atomic mass is 10.2. The lowest BCUT2D eigenvalue weighted by Crippen LogP contribution is -2.36. The highest BCUT2D eigenvalue weighted by molar-refractivity contribution is 14.0. The van der Waals surface area contributed by atoms with E-state index in [0.717, 1.165) is 13.0 Å². The Morgan fingerprint density at radius 1 is 1.62 bits per heavy atom. The summed E-state index contributed by atoms with van der Waals surface area (Å²) in [5.74, 6) is 0.656. The van der Waals surface area contributed by atoms with Crippen LogP contribution in [-0.4, -0.2) is 43.7 Å². The lowest BCUT2D eigenvalue weighted by Gasteiger charge is -2.18. The molecule has 5 heteroatoms. The number of hydrogen-bond donors (Lipinski definition) is 1. The van der Waals surface area contributed by atoms with Crippen LogP contribution in [-0.2, 0) is 4.74 Å². The van der Waals surface area contributed by atoms with Gasteiger partial charge in [-0.15, -0.1) is 24.0 Å². The van der Waals surface area contributed by atoms with Crippen LogP contribution in [0.2, 0.25) is 0 Å². The van der Waals surface area contributed by atoms with Gasteiger partial charge in [-0.2, -0.15) is 0 Å². The van der Waals surface area contributed by atoms with Crippen molar-refractivity contribution in [2.24, 2.45) is 10.7 Å². The number of nitrogens with zero attached hydrogens (tertiary/aromatic N) is 2. The van der Waals surface area contributed by atoms with Crippen LogP contribution in [0.25, 0.3) is 0 Å². The largest absolute Gasteiger partial charge is 0.377 e. The number of halogens is 1. The van der Waals surface area contributed by atoms with E-state index in [2.05, 4.69) is 16.0 Å². The Labute approximate surface area is 114 Å². The predicted molar refractivity (Wildman–Crippen MR) is 76.2 cm³/mol. The van der Waals surface area contributed by atoms with Crippen LogP contribution in [0.4, 0.5) is 0 Å². The Balaban J connectivity index is 0.00000128. The van der Waals surface area contributed by atoms with Gasteiger partial charge in [0.05, 0.1) is 19.8 Å².